The van der Waals surface area contributed by atoms with Gasteiger partial charge in [0.1, 0.15) is 0 Å². The summed E-state index contributed by atoms with van der Waals surface area (Å²) >= 11 is 6.54. The van der Waals surface area contributed by atoms with Crippen LogP contribution in [0, 0.1) is 23.7 Å². The Morgan fingerprint density at radius 1 is 0.930 bits per heavy atom. The fraction of sp³-hybridized carbons (Fsp3) is 0.257. The van der Waals surface area contributed by atoms with E-state index in [9.17, 15) is 24.3 Å². The number of nitrogens with one attached hydrogen (secondary N) is 1. The molecule has 1 saturated heterocycles. The average Bonchev–Trinajstić information content (AvgIpc) is 3.32. The van der Waals surface area contributed by atoms with Crippen LogP contribution < -0.4 is 10.1 Å². The Balaban J connectivity index is 1.55. The first kappa shape index (κ1) is 27.3. The molecule has 7 rings (SSSR count). The molecule has 1 saturated carbocycles. The summed E-state index contributed by atoms with van der Waals surface area (Å²) in [6.45, 7) is 0. The zero-order valence-corrected chi connectivity index (χ0v) is 24.0. The average molecular weight is 594 g/mol. The van der Waals surface area contributed by atoms with Crippen LogP contribution in [-0.2, 0) is 24.6 Å². The highest BCUT2D eigenvalue weighted by atomic mass is 35.5. The second-order valence-electron chi connectivity index (χ2n) is 11.7. The Kier molecular flexibility index (Phi) is 6.40. The highest BCUT2D eigenvalue weighted by Gasteiger charge is 2.65. The third kappa shape index (κ3) is 3.87. The molecule has 3 aromatic carbocycles. The number of phenols is 1. The monoisotopic (exact) mass is 593 g/mol. The first-order valence-corrected chi connectivity index (χ1v) is 14.7. The molecule has 2 amide bonds. The van der Waals surface area contributed by atoms with Crippen LogP contribution in [0.2, 0.25) is 5.02 Å². The molecule has 3 aromatic rings. The maximum Gasteiger partial charge on any atom is 0.231 e. The second kappa shape index (κ2) is 10.1. The lowest BCUT2D eigenvalue weighted by Crippen LogP contribution is -2.58. The van der Waals surface area contributed by atoms with Crippen molar-refractivity contribution >= 4 is 40.6 Å². The molecule has 1 heterocycles. The Bertz CT molecular complexity index is 1760. The van der Waals surface area contributed by atoms with E-state index in [1.165, 1.54) is 13.2 Å². The van der Waals surface area contributed by atoms with E-state index in [0.717, 1.165) is 5.57 Å². The molecule has 0 bridgehead atoms. The number of imide groups is 1. The summed E-state index contributed by atoms with van der Waals surface area (Å²) in [6, 6.07) is 21.6. The van der Waals surface area contributed by atoms with Crippen LogP contribution in [0.4, 0.5) is 0 Å². The van der Waals surface area contributed by atoms with E-state index in [1.807, 2.05) is 66.7 Å². The van der Waals surface area contributed by atoms with Crippen molar-refractivity contribution in [3.8, 4) is 11.5 Å². The highest BCUT2D eigenvalue weighted by Crippen LogP contribution is 2.63. The smallest absolute Gasteiger partial charge is 0.231 e. The van der Waals surface area contributed by atoms with Gasteiger partial charge in [-0.15, -0.1) is 0 Å². The number of halogens is 1. The maximum absolute atomic E-state index is 14.9. The molecule has 3 aliphatic carbocycles. The minimum Gasteiger partial charge on any atom is -0.503 e. The molecule has 43 heavy (non-hydrogen) atoms. The standard InChI is InChI=1S/C35H28ClNO6/c1-43-27-15-19(14-26(36)32(27)40)30-21-12-13-22-29(34(42)37-33(22)41)24(21)16-25-31(39)23(18-8-4-2-5-9-18)17-28(38)35(25,30)20-10-6-3-7-11-20/h2-12,14-15,17,22,24-25,29-30,40H,13,16H2,1H3,(H,37,41,42). The zero-order chi connectivity index (χ0) is 30.0. The van der Waals surface area contributed by atoms with Crippen molar-refractivity contribution in [1.82, 2.24) is 5.32 Å². The van der Waals surface area contributed by atoms with Gasteiger partial charge >= 0.3 is 0 Å². The molecule has 216 valence electrons. The fourth-order valence-corrected chi connectivity index (χ4v) is 8.30. The number of hydrogen-bond donors (Lipinski definition) is 2. The molecule has 7 nitrogen and oxygen atoms in total. The number of rotatable bonds is 4. The van der Waals surface area contributed by atoms with Crippen LogP contribution in [0.5, 0.6) is 11.5 Å². The van der Waals surface area contributed by atoms with Crippen molar-refractivity contribution < 1.29 is 29.0 Å². The molecular formula is C35H28ClNO6. The number of benzene rings is 3. The topological polar surface area (TPSA) is 110 Å². The summed E-state index contributed by atoms with van der Waals surface area (Å²) < 4.78 is 5.46. The molecule has 0 aromatic heterocycles. The van der Waals surface area contributed by atoms with Gasteiger partial charge in [0, 0.05) is 17.4 Å². The lowest BCUT2D eigenvalue weighted by Gasteiger charge is -2.55. The molecule has 6 unspecified atom stereocenters. The number of hydrogen-bond acceptors (Lipinski definition) is 6. The van der Waals surface area contributed by atoms with Gasteiger partial charge in [-0.25, -0.2) is 0 Å². The van der Waals surface area contributed by atoms with Gasteiger partial charge in [0.15, 0.2) is 23.1 Å². The normalized spacial score (nSPS) is 29.6. The van der Waals surface area contributed by atoms with Crippen LogP contribution in [0.1, 0.15) is 35.4 Å². The van der Waals surface area contributed by atoms with Crippen molar-refractivity contribution in [2.45, 2.75) is 24.2 Å². The summed E-state index contributed by atoms with van der Waals surface area (Å²) in [5.74, 6) is -4.46. The van der Waals surface area contributed by atoms with Gasteiger partial charge in [-0.05, 0) is 53.7 Å². The molecule has 2 fully saturated rings. The first-order valence-electron chi connectivity index (χ1n) is 14.3. The van der Waals surface area contributed by atoms with E-state index in [2.05, 4.69) is 5.32 Å². The van der Waals surface area contributed by atoms with Crippen molar-refractivity contribution in [1.29, 1.82) is 0 Å². The number of fused-ring (bicyclic) bond motifs is 4. The third-order valence-electron chi connectivity index (χ3n) is 9.82. The van der Waals surface area contributed by atoms with Gasteiger partial charge in [-0.3, -0.25) is 24.5 Å². The summed E-state index contributed by atoms with van der Waals surface area (Å²) in [7, 11) is 1.41. The van der Waals surface area contributed by atoms with Crippen LogP contribution in [-0.4, -0.2) is 35.6 Å². The number of methoxy groups -OCH3 is 1. The number of carbonyl (C=O) groups excluding carboxylic acids is 4. The minimum absolute atomic E-state index is 0.0365. The summed E-state index contributed by atoms with van der Waals surface area (Å²) in [5, 5.41) is 13.2. The third-order valence-corrected chi connectivity index (χ3v) is 10.1. The van der Waals surface area contributed by atoms with E-state index < -0.39 is 35.0 Å². The van der Waals surface area contributed by atoms with Crippen LogP contribution in [0.3, 0.4) is 0 Å². The lowest BCUT2D eigenvalue weighted by atomic mass is 9.44. The molecule has 8 heteroatoms. The number of phenolic OH excluding ortho intramolecular Hbond substituents is 1. The molecule has 2 N–H and O–H groups in total. The minimum atomic E-state index is -1.38. The zero-order valence-electron chi connectivity index (χ0n) is 23.3. The molecule has 6 atom stereocenters. The SMILES string of the molecule is COc1cc(C2C3=CCC4C(=O)NC(=O)C4C3CC3C(=O)C(c4ccccc4)=CC(=O)C32c2ccccc2)cc(Cl)c1O. The Morgan fingerprint density at radius 3 is 2.33 bits per heavy atom. The number of carbonyl (C=O) groups is 4. The Labute approximate surface area is 253 Å². The van der Waals surface area contributed by atoms with Crippen molar-refractivity contribution in [3.05, 3.63) is 112 Å². The number of allylic oxidation sites excluding steroid dienone is 4. The van der Waals surface area contributed by atoms with Crippen LogP contribution in [0.15, 0.2) is 90.5 Å². The Hall–Kier alpha value is -4.49. The van der Waals surface area contributed by atoms with Crippen LogP contribution >= 0.6 is 11.6 Å². The number of amides is 2. The predicted molar refractivity (Wildman–Crippen MR) is 159 cm³/mol. The van der Waals surface area contributed by atoms with Crippen LogP contribution in [0.25, 0.3) is 5.57 Å². The first-order chi connectivity index (χ1) is 20.8. The van der Waals surface area contributed by atoms with Crippen molar-refractivity contribution in [2.75, 3.05) is 7.11 Å². The van der Waals surface area contributed by atoms with Gasteiger partial charge in [-0.1, -0.05) is 83.9 Å². The van der Waals surface area contributed by atoms with Gasteiger partial charge < -0.3 is 9.84 Å². The summed E-state index contributed by atoms with van der Waals surface area (Å²) in [4.78, 5) is 55.6. The van der Waals surface area contributed by atoms with E-state index in [-0.39, 0.29) is 46.3 Å². The van der Waals surface area contributed by atoms with Gasteiger partial charge in [0.25, 0.3) is 0 Å². The van der Waals surface area contributed by atoms with E-state index in [1.54, 1.807) is 12.1 Å². The second-order valence-corrected chi connectivity index (χ2v) is 12.1. The van der Waals surface area contributed by atoms with E-state index >= 15 is 0 Å². The van der Waals surface area contributed by atoms with Gasteiger partial charge in [0.05, 0.1) is 29.4 Å². The van der Waals surface area contributed by atoms with Gasteiger partial charge in [0.2, 0.25) is 11.8 Å². The molecular weight excluding hydrogens is 566 g/mol. The fourth-order valence-electron chi connectivity index (χ4n) is 8.08. The largest absolute Gasteiger partial charge is 0.503 e. The van der Waals surface area contributed by atoms with Crippen molar-refractivity contribution in [3.63, 3.8) is 0 Å². The number of aromatic hydroxyl groups is 1. The molecule has 0 spiro atoms. The summed E-state index contributed by atoms with van der Waals surface area (Å²) in [5.41, 5.74) is 1.65. The van der Waals surface area contributed by atoms with Crippen molar-refractivity contribution in [2.24, 2.45) is 23.7 Å². The lowest BCUT2D eigenvalue weighted by molar-refractivity contribution is -0.135. The van der Waals surface area contributed by atoms with E-state index in [0.29, 0.717) is 28.7 Å². The maximum atomic E-state index is 14.9. The Morgan fingerprint density at radius 2 is 1.63 bits per heavy atom. The highest BCUT2D eigenvalue weighted by molar-refractivity contribution is 6.33. The molecule has 0 radical (unpaired) electrons. The van der Waals surface area contributed by atoms with E-state index in [4.69, 9.17) is 16.3 Å². The quantitative estimate of drug-likeness (QED) is 0.319. The predicted octanol–water partition coefficient (Wildman–Crippen LogP) is 5.17. The molecule has 4 aliphatic rings. The number of ketones is 2. The summed E-state index contributed by atoms with van der Waals surface area (Å²) in [6.07, 6.45) is 3.98. The number of Topliss-reactive ketones (excluding diaryl/α,β-unsaturated/α-hetero) is 1. The van der Waals surface area contributed by atoms with Gasteiger partial charge in [-0.2, -0.15) is 0 Å². The number of ether oxygens (including phenoxy) is 1. The molecule has 1 aliphatic heterocycles.